The van der Waals surface area contributed by atoms with Gasteiger partial charge in [-0.15, -0.1) is 0 Å². The number of pyridine rings is 1. The Balaban J connectivity index is 1.76. The van der Waals surface area contributed by atoms with Crippen LogP contribution in [0.3, 0.4) is 0 Å². The smallest absolute Gasteiger partial charge is 0.219 e. The van der Waals surface area contributed by atoms with Crippen molar-refractivity contribution >= 4 is 5.91 Å². The van der Waals surface area contributed by atoms with Gasteiger partial charge in [0.05, 0.1) is 11.4 Å². The predicted octanol–water partition coefficient (Wildman–Crippen LogP) is 3.33. The third-order valence-corrected chi connectivity index (χ3v) is 4.73. The summed E-state index contributed by atoms with van der Waals surface area (Å²) in [5.41, 5.74) is 3.31. The molecule has 128 valence electrons. The van der Waals surface area contributed by atoms with E-state index in [0.717, 1.165) is 37.3 Å². The predicted molar refractivity (Wildman–Crippen MR) is 94.5 cm³/mol. The van der Waals surface area contributed by atoms with Crippen LogP contribution >= 0.6 is 0 Å². The Bertz CT molecular complexity index is 707. The largest absolute Gasteiger partial charge is 0.343 e. The molecule has 2 aromatic heterocycles. The first kappa shape index (κ1) is 16.7. The van der Waals surface area contributed by atoms with Crippen molar-refractivity contribution in [3.05, 3.63) is 36.2 Å². The molecule has 0 spiro atoms. The van der Waals surface area contributed by atoms with Crippen molar-refractivity contribution in [2.75, 3.05) is 13.1 Å². The summed E-state index contributed by atoms with van der Waals surface area (Å²) in [5, 5.41) is 4.40. The van der Waals surface area contributed by atoms with Crippen molar-refractivity contribution in [2.24, 2.45) is 5.92 Å². The van der Waals surface area contributed by atoms with Gasteiger partial charge in [0.1, 0.15) is 0 Å². The molecule has 5 nitrogen and oxygen atoms in total. The summed E-state index contributed by atoms with van der Waals surface area (Å²) in [6.07, 6.45) is 6.99. The van der Waals surface area contributed by atoms with Gasteiger partial charge in [0.25, 0.3) is 0 Å². The third kappa shape index (κ3) is 3.66. The number of amides is 1. The molecule has 1 aliphatic rings. The second-order valence-electron chi connectivity index (χ2n) is 6.98. The van der Waals surface area contributed by atoms with Crippen LogP contribution < -0.4 is 0 Å². The molecule has 0 unspecified atom stereocenters. The van der Waals surface area contributed by atoms with Gasteiger partial charge in [0.2, 0.25) is 5.91 Å². The zero-order valence-electron chi connectivity index (χ0n) is 14.8. The van der Waals surface area contributed by atoms with Crippen LogP contribution in [0, 0.1) is 5.92 Å². The maximum absolute atomic E-state index is 11.6. The highest BCUT2D eigenvalue weighted by atomic mass is 16.2. The molecule has 0 aliphatic carbocycles. The number of likely N-dealkylation sites (tertiary alicyclic amines) is 1. The fourth-order valence-corrected chi connectivity index (χ4v) is 3.52. The van der Waals surface area contributed by atoms with Crippen molar-refractivity contribution in [3.8, 4) is 11.4 Å². The monoisotopic (exact) mass is 326 g/mol. The summed E-state index contributed by atoms with van der Waals surface area (Å²) in [7, 11) is 0. The number of piperidine rings is 1. The van der Waals surface area contributed by atoms with Crippen LogP contribution in [0.4, 0.5) is 0 Å². The van der Waals surface area contributed by atoms with Crippen LogP contribution in [0.15, 0.2) is 30.6 Å². The third-order valence-electron chi connectivity index (χ3n) is 4.73. The molecule has 1 atom stereocenters. The van der Waals surface area contributed by atoms with E-state index in [-0.39, 0.29) is 5.91 Å². The SMILES string of the molecule is CC(=O)N1CCC[C@@H](Cc2ccnc(-c3ccnn3C(C)C)c2)C1. The quantitative estimate of drug-likeness (QED) is 0.866. The van der Waals surface area contributed by atoms with Crippen molar-refractivity contribution in [1.29, 1.82) is 0 Å². The van der Waals surface area contributed by atoms with E-state index in [1.54, 1.807) is 6.92 Å². The van der Waals surface area contributed by atoms with Gasteiger partial charge in [-0.3, -0.25) is 14.5 Å². The van der Waals surface area contributed by atoms with E-state index in [9.17, 15) is 4.79 Å². The Morgan fingerprint density at radius 3 is 2.92 bits per heavy atom. The minimum Gasteiger partial charge on any atom is -0.343 e. The van der Waals surface area contributed by atoms with Gasteiger partial charge in [-0.2, -0.15) is 5.10 Å². The van der Waals surface area contributed by atoms with E-state index < -0.39 is 0 Å². The molecule has 0 saturated carbocycles. The summed E-state index contributed by atoms with van der Waals surface area (Å²) in [4.78, 5) is 18.1. The first-order valence-corrected chi connectivity index (χ1v) is 8.79. The minimum atomic E-state index is 0.191. The van der Waals surface area contributed by atoms with E-state index in [2.05, 4.69) is 36.1 Å². The summed E-state index contributed by atoms with van der Waals surface area (Å²) in [6, 6.07) is 6.59. The molecule has 1 amide bonds. The molecule has 5 heteroatoms. The molecule has 0 N–H and O–H groups in total. The standard InChI is InChI=1S/C19H26N4O/c1-14(2)23-19(7-9-21-23)18-12-16(6-8-20-18)11-17-5-4-10-22(13-17)15(3)24/h6-9,12,14,17H,4-5,10-11,13H2,1-3H3/t17-/m0/s1. The average molecular weight is 326 g/mol. The lowest BCUT2D eigenvalue weighted by Crippen LogP contribution is -2.39. The lowest BCUT2D eigenvalue weighted by atomic mass is 9.91. The molecule has 3 heterocycles. The van der Waals surface area contributed by atoms with E-state index in [0.29, 0.717) is 12.0 Å². The second kappa shape index (κ2) is 7.16. The molecule has 0 bridgehead atoms. The van der Waals surface area contributed by atoms with Gasteiger partial charge in [-0.05, 0) is 62.8 Å². The lowest BCUT2D eigenvalue weighted by Gasteiger charge is -2.32. The van der Waals surface area contributed by atoms with Crippen molar-refractivity contribution < 1.29 is 4.79 Å². The van der Waals surface area contributed by atoms with Crippen LogP contribution in [0.2, 0.25) is 0 Å². The molecule has 24 heavy (non-hydrogen) atoms. The van der Waals surface area contributed by atoms with Crippen molar-refractivity contribution in [1.82, 2.24) is 19.7 Å². The number of aromatic nitrogens is 3. The first-order chi connectivity index (χ1) is 11.5. The Kier molecular flexibility index (Phi) is 4.97. The summed E-state index contributed by atoms with van der Waals surface area (Å²) >= 11 is 0. The van der Waals surface area contributed by atoms with Crippen LogP contribution in [-0.2, 0) is 11.2 Å². The number of carbonyl (C=O) groups excluding carboxylic acids is 1. The number of carbonyl (C=O) groups is 1. The highest BCUT2D eigenvalue weighted by Crippen LogP contribution is 2.24. The first-order valence-electron chi connectivity index (χ1n) is 8.79. The normalized spacial score (nSPS) is 18.2. The molecule has 0 aromatic carbocycles. The Labute approximate surface area is 143 Å². The zero-order chi connectivity index (χ0) is 17.1. The van der Waals surface area contributed by atoms with E-state index >= 15 is 0 Å². The van der Waals surface area contributed by atoms with E-state index in [1.807, 2.05) is 28.0 Å². The number of hydrogen-bond donors (Lipinski definition) is 0. The van der Waals surface area contributed by atoms with Crippen molar-refractivity contribution in [2.45, 2.75) is 46.1 Å². The zero-order valence-corrected chi connectivity index (χ0v) is 14.8. The summed E-state index contributed by atoms with van der Waals surface area (Å²) < 4.78 is 2.00. The Morgan fingerprint density at radius 1 is 1.33 bits per heavy atom. The fraction of sp³-hybridized carbons (Fsp3) is 0.526. The maximum atomic E-state index is 11.6. The molecule has 1 saturated heterocycles. The fourth-order valence-electron chi connectivity index (χ4n) is 3.52. The molecule has 1 aliphatic heterocycles. The second-order valence-corrected chi connectivity index (χ2v) is 6.98. The van der Waals surface area contributed by atoms with Gasteiger partial charge < -0.3 is 4.90 Å². The van der Waals surface area contributed by atoms with Crippen LogP contribution in [-0.4, -0.2) is 38.7 Å². The topological polar surface area (TPSA) is 51.0 Å². The van der Waals surface area contributed by atoms with E-state index in [4.69, 9.17) is 0 Å². The van der Waals surface area contributed by atoms with Gasteiger partial charge >= 0.3 is 0 Å². The molecule has 0 radical (unpaired) electrons. The van der Waals surface area contributed by atoms with Crippen LogP contribution in [0.25, 0.3) is 11.4 Å². The van der Waals surface area contributed by atoms with Gasteiger partial charge in [-0.1, -0.05) is 0 Å². The molecular weight excluding hydrogens is 300 g/mol. The summed E-state index contributed by atoms with van der Waals surface area (Å²) in [6.45, 7) is 7.69. The Hall–Kier alpha value is -2.17. The molecule has 1 fully saturated rings. The van der Waals surface area contributed by atoms with Gasteiger partial charge in [0, 0.05) is 38.4 Å². The van der Waals surface area contributed by atoms with Crippen LogP contribution in [0.5, 0.6) is 0 Å². The number of rotatable bonds is 4. The lowest BCUT2D eigenvalue weighted by molar-refractivity contribution is -0.130. The van der Waals surface area contributed by atoms with Gasteiger partial charge in [-0.25, -0.2) is 0 Å². The number of hydrogen-bond acceptors (Lipinski definition) is 3. The van der Waals surface area contributed by atoms with Crippen LogP contribution in [0.1, 0.15) is 45.2 Å². The highest BCUT2D eigenvalue weighted by molar-refractivity contribution is 5.73. The summed E-state index contributed by atoms with van der Waals surface area (Å²) in [5.74, 6) is 0.726. The average Bonchev–Trinajstić information content (AvgIpc) is 3.05. The Morgan fingerprint density at radius 2 is 2.17 bits per heavy atom. The number of nitrogens with zero attached hydrogens (tertiary/aromatic N) is 4. The highest BCUT2D eigenvalue weighted by Gasteiger charge is 2.22. The maximum Gasteiger partial charge on any atom is 0.219 e. The molecular formula is C19H26N4O. The van der Waals surface area contributed by atoms with Crippen molar-refractivity contribution in [3.63, 3.8) is 0 Å². The molecule has 3 rings (SSSR count). The minimum absolute atomic E-state index is 0.191. The van der Waals surface area contributed by atoms with Gasteiger partial charge in [0.15, 0.2) is 0 Å². The molecule has 2 aromatic rings. The van der Waals surface area contributed by atoms with E-state index in [1.165, 1.54) is 12.0 Å².